The molecule has 0 aliphatic heterocycles. The van der Waals surface area contributed by atoms with Crippen LogP contribution in [-0.2, 0) is 28.6 Å². The molecule has 402 valence electrons. The first-order valence-corrected chi connectivity index (χ1v) is 30.1. The molecule has 0 aliphatic rings. The monoisotopic (exact) mass is 967 g/mol. The van der Waals surface area contributed by atoms with E-state index in [0.29, 0.717) is 19.3 Å². The van der Waals surface area contributed by atoms with Crippen molar-refractivity contribution in [3.8, 4) is 0 Å². The lowest BCUT2D eigenvalue weighted by atomic mass is 10.0. The van der Waals surface area contributed by atoms with E-state index in [0.717, 1.165) is 109 Å². The second kappa shape index (κ2) is 57.9. The molecule has 0 saturated carbocycles. The highest BCUT2D eigenvalue weighted by molar-refractivity contribution is 5.71. The van der Waals surface area contributed by atoms with Crippen molar-refractivity contribution in [1.29, 1.82) is 0 Å². The van der Waals surface area contributed by atoms with E-state index >= 15 is 0 Å². The van der Waals surface area contributed by atoms with Crippen LogP contribution >= 0.6 is 0 Å². The standard InChI is InChI=1S/C63H114O6/c1-4-7-10-13-16-19-22-24-26-27-28-29-30-31-32-33-34-35-36-38-39-41-44-47-50-53-56-62(65)68-59-60(58-67-61(64)55-52-49-46-43-21-18-15-12-9-6-3)69-63(66)57-54-51-48-45-42-40-37-25-23-20-17-14-11-8-5-2/h8,11-12,15,17,20,25,37,60H,4-7,9-10,13-14,16,18-19,21-24,26-36,38-59H2,1-3H3/b11-8-,15-12-,20-17-,37-25-. The maximum atomic E-state index is 12.8. The molecule has 0 aromatic carbocycles. The van der Waals surface area contributed by atoms with Crippen molar-refractivity contribution >= 4 is 17.9 Å². The number of esters is 3. The fourth-order valence-corrected chi connectivity index (χ4v) is 8.81. The Morgan fingerprint density at radius 1 is 0.304 bits per heavy atom. The largest absolute Gasteiger partial charge is 0.462 e. The first-order chi connectivity index (χ1) is 34.0. The number of allylic oxidation sites excluding steroid dienone is 8. The third kappa shape index (κ3) is 56.2. The van der Waals surface area contributed by atoms with E-state index in [1.165, 1.54) is 167 Å². The van der Waals surface area contributed by atoms with E-state index in [2.05, 4.69) is 69.4 Å². The zero-order valence-electron chi connectivity index (χ0n) is 46.1. The maximum absolute atomic E-state index is 12.8. The Morgan fingerprint density at radius 3 is 0.957 bits per heavy atom. The molecule has 0 aromatic rings. The predicted octanol–water partition coefficient (Wildman–Crippen LogP) is 20.2. The lowest BCUT2D eigenvalue weighted by molar-refractivity contribution is -0.167. The molecule has 0 heterocycles. The molecule has 0 bridgehead atoms. The topological polar surface area (TPSA) is 78.9 Å². The number of hydrogen-bond acceptors (Lipinski definition) is 6. The summed E-state index contributed by atoms with van der Waals surface area (Å²) in [6.45, 7) is 6.48. The third-order valence-corrected chi connectivity index (χ3v) is 13.3. The van der Waals surface area contributed by atoms with Gasteiger partial charge in [-0.2, -0.15) is 0 Å². The normalized spacial score (nSPS) is 12.3. The lowest BCUT2D eigenvalue weighted by Crippen LogP contribution is -2.30. The van der Waals surface area contributed by atoms with Gasteiger partial charge in [0.2, 0.25) is 0 Å². The van der Waals surface area contributed by atoms with E-state index in [4.69, 9.17) is 14.2 Å². The van der Waals surface area contributed by atoms with Crippen LogP contribution in [0.3, 0.4) is 0 Å². The van der Waals surface area contributed by atoms with Crippen LogP contribution in [0, 0.1) is 0 Å². The third-order valence-electron chi connectivity index (χ3n) is 13.3. The fourth-order valence-electron chi connectivity index (χ4n) is 8.81. The van der Waals surface area contributed by atoms with Gasteiger partial charge in [-0.25, -0.2) is 0 Å². The molecule has 0 aliphatic carbocycles. The Morgan fingerprint density at radius 2 is 0.594 bits per heavy atom. The van der Waals surface area contributed by atoms with Crippen LogP contribution in [0.2, 0.25) is 0 Å². The summed E-state index contributed by atoms with van der Waals surface area (Å²) in [4.78, 5) is 38.1. The van der Waals surface area contributed by atoms with Gasteiger partial charge >= 0.3 is 17.9 Å². The number of carbonyl (C=O) groups is 3. The van der Waals surface area contributed by atoms with Gasteiger partial charge in [0.15, 0.2) is 6.10 Å². The van der Waals surface area contributed by atoms with Gasteiger partial charge in [0.25, 0.3) is 0 Å². The summed E-state index contributed by atoms with van der Waals surface area (Å²) in [5.41, 5.74) is 0. The Balaban J connectivity index is 4.16. The van der Waals surface area contributed by atoms with Crippen LogP contribution in [0.5, 0.6) is 0 Å². The SMILES string of the molecule is CC/C=C\C/C=C\C/C=C\CCCCCCCC(=O)OC(COC(=O)CCCCCCC/C=C\CCC)COC(=O)CCCCCCCCCCCCCCCCCCCCCCCCCCCC. The molecule has 0 rings (SSSR count). The van der Waals surface area contributed by atoms with Gasteiger partial charge in [0, 0.05) is 19.3 Å². The van der Waals surface area contributed by atoms with Gasteiger partial charge < -0.3 is 14.2 Å². The molecule has 0 N–H and O–H groups in total. The van der Waals surface area contributed by atoms with Crippen LogP contribution in [0.4, 0.5) is 0 Å². The Labute approximate surface area is 428 Å². The first kappa shape index (κ1) is 66.4. The van der Waals surface area contributed by atoms with Crippen LogP contribution in [0.15, 0.2) is 48.6 Å². The summed E-state index contributed by atoms with van der Waals surface area (Å²) in [5.74, 6) is -0.895. The van der Waals surface area contributed by atoms with E-state index in [1.54, 1.807) is 0 Å². The van der Waals surface area contributed by atoms with E-state index in [1.807, 2.05) is 0 Å². The Bertz CT molecular complexity index is 1200. The summed E-state index contributed by atoms with van der Waals surface area (Å²) in [6.07, 6.45) is 71.3. The molecule has 0 amide bonds. The van der Waals surface area contributed by atoms with Crippen LogP contribution in [-0.4, -0.2) is 37.2 Å². The van der Waals surface area contributed by atoms with Gasteiger partial charge in [0.1, 0.15) is 13.2 Å². The predicted molar refractivity (Wildman–Crippen MR) is 298 cm³/mol. The molecule has 1 atom stereocenters. The fraction of sp³-hybridized carbons (Fsp3) is 0.825. The number of rotatable bonds is 55. The molecule has 0 saturated heterocycles. The summed E-state index contributed by atoms with van der Waals surface area (Å²) in [5, 5.41) is 0. The van der Waals surface area contributed by atoms with Gasteiger partial charge in [-0.3, -0.25) is 14.4 Å². The maximum Gasteiger partial charge on any atom is 0.306 e. The van der Waals surface area contributed by atoms with Crippen LogP contribution in [0.25, 0.3) is 0 Å². The van der Waals surface area contributed by atoms with Gasteiger partial charge in [-0.1, -0.05) is 275 Å². The van der Waals surface area contributed by atoms with Gasteiger partial charge in [-0.15, -0.1) is 0 Å². The average Bonchev–Trinajstić information content (AvgIpc) is 3.35. The summed E-state index contributed by atoms with van der Waals surface area (Å²) < 4.78 is 16.8. The minimum Gasteiger partial charge on any atom is -0.462 e. The van der Waals surface area contributed by atoms with E-state index in [-0.39, 0.29) is 31.1 Å². The van der Waals surface area contributed by atoms with Gasteiger partial charge in [-0.05, 0) is 70.6 Å². The minimum absolute atomic E-state index is 0.0801. The zero-order chi connectivity index (χ0) is 50.0. The zero-order valence-corrected chi connectivity index (χ0v) is 46.1. The minimum atomic E-state index is -0.783. The molecule has 6 nitrogen and oxygen atoms in total. The molecule has 0 fully saturated rings. The van der Waals surface area contributed by atoms with Crippen molar-refractivity contribution in [1.82, 2.24) is 0 Å². The average molecular weight is 968 g/mol. The van der Waals surface area contributed by atoms with Crippen molar-refractivity contribution in [2.45, 2.75) is 322 Å². The summed E-state index contributed by atoms with van der Waals surface area (Å²) >= 11 is 0. The van der Waals surface area contributed by atoms with Crippen molar-refractivity contribution in [3.63, 3.8) is 0 Å². The number of unbranched alkanes of at least 4 members (excludes halogenated alkanes) is 36. The molecule has 69 heavy (non-hydrogen) atoms. The van der Waals surface area contributed by atoms with Crippen LogP contribution < -0.4 is 0 Å². The highest BCUT2D eigenvalue weighted by Crippen LogP contribution is 2.17. The van der Waals surface area contributed by atoms with Crippen molar-refractivity contribution in [2.24, 2.45) is 0 Å². The van der Waals surface area contributed by atoms with Crippen molar-refractivity contribution < 1.29 is 28.6 Å². The first-order valence-electron chi connectivity index (χ1n) is 30.1. The van der Waals surface area contributed by atoms with Crippen molar-refractivity contribution in [2.75, 3.05) is 13.2 Å². The van der Waals surface area contributed by atoms with Gasteiger partial charge in [0.05, 0.1) is 0 Å². The summed E-state index contributed by atoms with van der Waals surface area (Å²) in [7, 11) is 0. The Hall–Kier alpha value is -2.63. The van der Waals surface area contributed by atoms with Crippen molar-refractivity contribution in [3.05, 3.63) is 48.6 Å². The molecule has 6 heteroatoms. The van der Waals surface area contributed by atoms with E-state index < -0.39 is 6.10 Å². The molecule has 1 unspecified atom stereocenters. The quantitative estimate of drug-likeness (QED) is 0.0262. The Kier molecular flexibility index (Phi) is 55.7. The number of hydrogen-bond donors (Lipinski definition) is 0. The number of ether oxygens (including phenoxy) is 3. The van der Waals surface area contributed by atoms with E-state index in [9.17, 15) is 14.4 Å². The molecular weight excluding hydrogens is 853 g/mol. The second-order valence-corrected chi connectivity index (χ2v) is 20.2. The lowest BCUT2D eigenvalue weighted by Gasteiger charge is -2.18. The smallest absolute Gasteiger partial charge is 0.306 e. The molecule has 0 radical (unpaired) electrons. The molecular formula is C63H114O6. The second-order valence-electron chi connectivity index (χ2n) is 20.2. The highest BCUT2D eigenvalue weighted by Gasteiger charge is 2.19. The summed E-state index contributed by atoms with van der Waals surface area (Å²) in [6, 6.07) is 0. The molecule has 0 spiro atoms. The van der Waals surface area contributed by atoms with Crippen LogP contribution in [0.1, 0.15) is 316 Å². The number of carbonyl (C=O) groups excluding carboxylic acids is 3. The highest BCUT2D eigenvalue weighted by atomic mass is 16.6. The molecule has 0 aromatic heterocycles.